The zero-order valence-electron chi connectivity index (χ0n) is 11.8. The molecule has 1 atom stereocenters. The number of amides is 1. The lowest BCUT2D eigenvalue weighted by Crippen LogP contribution is -2.37. The van der Waals surface area contributed by atoms with Crippen molar-refractivity contribution in [2.45, 2.75) is 13.0 Å². The van der Waals surface area contributed by atoms with Gasteiger partial charge in [0.1, 0.15) is 15.6 Å². The van der Waals surface area contributed by atoms with Crippen molar-refractivity contribution in [3.05, 3.63) is 35.3 Å². The van der Waals surface area contributed by atoms with Crippen LogP contribution in [-0.4, -0.2) is 30.6 Å². The van der Waals surface area contributed by atoms with Crippen molar-refractivity contribution in [1.29, 1.82) is 0 Å². The van der Waals surface area contributed by atoms with Crippen molar-refractivity contribution in [2.24, 2.45) is 5.73 Å². The summed E-state index contributed by atoms with van der Waals surface area (Å²) in [6.45, 7) is 2.28. The number of rotatable bonds is 5. The van der Waals surface area contributed by atoms with Crippen molar-refractivity contribution in [2.75, 3.05) is 13.7 Å². The average molecular weight is 328 g/mol. The molecule has 0 aliphatic carbocycles. The highest BCUT2D eigenvalue weighted by Crippen LogP contribution is 2.26. The Morgan fingerprint density at radius 3 is 2.67 bits per heavy atom. The molecule has 21 heavy (non-hydrogen) atoms. The largest absolute Gasteiger partial charge is 0.497 e. The van der Waals surface area contributed by atoms with Crippen molar-refractivity contribution in [3.63, 3.8) is 0 Å². The van der Waals surface area contributed by atoms with E-state index >= 15 is 0 Å². The molecule has 0 bridgehead atoms. The van der Waals surface area contributed by atoms with Gasteiger partial charge in [-0.2, -0.15) is 0 Å². The highest BCUT2D eigenvalue weighted by atomic mass is 35.5. The van der Waals surface area contributed by atoms with E-state index in [1.807, 2.05) is 31.2 Å². The first-order valence-electron chi connectivity index (χ1n) is 6.25. The molecule has 5 nitrogen and oxygen atoms in total. The SMILES string of the molecule is COc1ccc(-c2ncc(C(=O)N[C@@H](C)CN)s2)cc1.Cl. The number of thiazole rings is 1. The molecule has 0 saturated carbocycles. The number of carbonyl (C=O) groups is 1. The highest BCUT2D eigenvalue weighted by Gasteiger charge is 2.13. The van der Waals surface area contributed by atoms with Crippen LogP contribution >= 0.6 is 23.7 Å². The molecule has 0 saturated heterocycles. The Kier molecular flexibility index (Phi) is 6.61. The van der Waals surface area contributed by atoms with Gasteiger partial charge in [0.2, 0.25) is 0 Å². The number of carbonyl (C=O) groups excluding carboxylic acids is 1. The third kappa shape index (κ3) is 4.42. The molecule has 1 aromatic carbocycles. The number of hydrogen-bond donors (Lipinski definition) is 2. The minimum Gasteiger partial charge on any atom is -0.497 e. The smallest absolute Gasteiger partial charge is 0.263 e. The quantitative estimate of drug-likeness (QED) is 0.883. The molecular formula is C14H18ClN3O2S. The zero-order valence-corrected chi connectivity index (χ0v) is 13.5. The third-order valence-electron chi connectivity index (χ3n) is 2.80. The van der Waals surface area contributed by atoms with Crippen LogP contribution in [0.4, 0.5) is 0 Å². The van der Waals surface area contributed by atoms with Crippen LogP contribution < -0.4 is 15.8 Å². The van der Waals surface area contributed by atoms with E-state index in [-0.39, 0.29) is 24.4 Å². The number of methoxy groups -OCH3 is 1. The Bertz CT molecular complexity index is 586. The summed E-state index contributed by atoms with van der Waals surface area (Å²) in [5.41, 5.74) is 6.44. The number of hydrogen-bond acceptors (Lipinski definition) is 5. The summed E-state index contributed by atoms with van der Waals surface area (Å²) in [6.07, 6.45) is 1.59. The first-order chi connectivity index (χ1) is 9.63. The predicted octanol–water partition coefficient (Wildman–Crippen LogP) is 2.32. The van der Waals surface area contributed by atoms with Gasteiger partial charge >= 0.3 is 0 Å². The van der Waals surface area contributed by atoms with Gasteiger partial charge in [0.25, 0.3) is 5.91 Å². The molecule has 7 heteroatoms. The van der Waals surface area contributed by atoms with Gasteiger partial charge < -0.3 is 15.8 Å². The van der Waals surface area contributed by atoms with Gasteiger partial charge in [-0.1, -0.05) is 0 Å². The van der Waals surface area contributed by atoms with E-state index in [9.17, 15) is 4.79 Å². The van der Waals surface area contributed by atoms with Crippen molar-refractivity contribution >= 4 is 29.7 Å². The Morgan fingerprint density at radius 2 is 2.10 bits per heavy atom. The molecule has 2 rings (SSSR count). The van der Waals surface area contributed by atoms with E-state index in [1.165, 1.54) is 11.3 Å². The van der Waals surface area contributed by atoms with Crippen LogP contribution in [0, 0.1) is 0 Å². The molecule has 1 amide bonds. The number of ether oxygens (including phenoxy) is 1. The normalized spacial score (nSPS) is 11.4. The van der Waals surface area contributed by atoms with Crippen molar-refractivity contribution < 1.29 is 9.53 Å². The highest BCUT2D eigenvalue weighted by molar-refractivity contribution is 7.16. The van der Waals surface area contributed by atoms with E-state index in [2.05, 4.69) is 10.3 Å². The fourth-order valence-electron chi connectivity index (χ4n) is 1.60. The van der Waals surface area contributed by atoms with Crippen molar-refractivity contribution in [3.8, 4) is 16.3 Å². The maximum absolute atomic E-state index is 11.9. The molecule has 3 N–H and O–H groups in total. The second-order valence-corrected chi connectivity index (χ2v) is 5.40. The molecule has 1 heterocycles. The average Bonchev–Trinajstić information content (AvgIpc) is 2.97. The lowest BCUT2D eigenvalue weighted by molar-refractivity contribution is 0.0945. The number of aromatic nitrogens is 1. The standard InChI is InChI=1S/C14H17N3O2S.ClH/c1-9(7-15)17-13(18)12-8-16-14(20-12)10-3-5-11(19-2)6-4-10;/h3-6,8-9H,7,15H2,1-2H3,(H,17,18);1H/t9-;/m0./s1. The number of nitrogens with two attached hydrogens (primary N) is 1. The molecule has 0 unspecified atom stereocenters. The second-order valence-electron chi connectivity index (χ2n) is 4.37. The van der Waals surface area contributed by atoms with Crippen LogP contribution in [0.15, 0.2) is 30.5 Å². The Hall–Kier alpha value is -1.63. The first-order valence-corrected chi connectivity index (χ1v) is 7.07. The summed E-state index contributed by atoms with van der Waals surface area (Å²) in [4.78, 5) is 16.8. The number of nitrogens with one attached hydrogen (secondary N) is 1. The van der Waals surface area contributed by atoms with Crippen LogP contribution in [0.2, 0.25) is 0 Å². The Balaban J connectivity index is 0.00000220. The molecule has 114 valence electrons. The predicted molar refractivity (Wildman–Crippen MR) is 87.3 cm³/mol. The van der Waals surface area contributed by atoms with Gasteiger partial charge in [0, 0.05) is 18.2 Å². The minimum atomic E-state index is -0.139. The molecule has 0 aliphatic rings. The van der Waals surface area contributed by atoms with E-state index in [0.717, 1.165) is 16.3 Å². The molecular weight excluding hydrogens is 310 g/mol. The van der Waals surface area contributed by atoms with Crippen LogP contribution in [-0.2, 0) is 0 Å². The summed E-state index contributed by atoms with van der Waals surface area (Å²) in [6, 6.07) is 7.53. The van der Waals surface area contributed by atoms with E-state index in [4.69, 9.17) is 10.5 Å². The first kappa shape index (κ1) is 17.4. The van der Waals surface area contributed by atoms with Crippen LogP contribution in [0.25, 0.3) is 10.6 Å². The monoisotopic (exact) mass is 327 g/mol. The summed E-state index contributed by atoms with van der Waals surface area (Å²) in [7, 11) is 1.62. The summed E-state index contributed by atoms with van der Waals surface area (Å²) in [5.74, 6) is 0.653. The number of halogens is 1. The molecule has 0 radical (unpaired) electrons. The maximum Gasteiger partial charge on any atom is 0.263 e. The summed E-state index contributed by atoms with van der Waals surface area (Å²) < 4.78 is 5.11. The zero-order chi connectivity index (χ0) is 14.5. The molecule has 2 aromatic rings. The van der Waals surface area contributed by atoms with Crippen LogP contribution in [0.5, 0.6) is 5.75 Å². The topological polar surface area (TPSA) is 77.2 Å². The summed E-state index contributed by atoms with van der Waals surface area (Å²) >= 11 is 1.36. The Labute approximate surface area is 133 Å². The summed E-state index contributed by atoms with van der Waals surface area (Å²) in [5, 5.41) is 3.62. The van der Waals surface area contributed by atoms with Crippen LogP contribution in [0.1, 0.15) is 16.6 Å². The molecule has 1 aromatic heterocycles. The lowest BCUT2D eigenvalue weighted by atomic mass is 10.2. The lowest BCUT2D eigenvalue weighted by Gasteiger charge is -2.09. The number of benzene rings is 1. The van der Waals surface area contributed by atoms with Gasteiger partial charge in [-0.25, -0.2) is 4.98 Å². The maximum atomic E-state index is 11.9. The fourth-order valence-corrected chi connectivity index (χ4v) is 2.42. The van der Waals surface area contributed by atoms with E-state index in [0.29, 0.717) is 11.4 Å². The van der Waals surface area contributed by atoms with Gasteiger partial charge in [-0.15, -0.1) is 23.7 Å². The molecule has 0 aliphatic heterocycles. The molecule has 0 fully saturated rings. The van der Waals surface area contributed by atoms with Gasteiger partial charge in [-0.3, -0.25) is 4.79 Å². The van der Waals surface area contributed by atoms with Gasteiger partial charge in [0.05, 0.1) is 13.3 Å². The fraction of sp³-hybridized carbons (Fsp3) is 0.286. The third-order valence-corrected chi connectivity index (χ3v) is 3.84. The second kappa shape index (κ2) is 7.97. The Morgan fingerprint density at radius 1 is 1.43 bits per heavy atom. The van der Waals surface area contributed by atoms with Crippen molar-refractivity contribution in [1.82, 2.24) is 10.3 Å². The van der Waals surface area contributed by atoms with Crippen LogP contribution in [0.3, 0.4) is 0 Å². The molecule has 0 spiro atoms. The van der Waals surface area contributed by atoms with Gasteiger partial charge in [0.15, 0.2) is 0 Å². The van der Waals surface area contributed by atoms with E-state index in [1.54, 1.807) is 13.3 Å². The van der Waals surface area contributed by atoms with E-state index < -0.39 is 0 Å². The van der Waals surface area contributed by atoms with Gasteiger partial charge in [-0.05, 0) is 31.2 Å². The number of nitrogens with zero attached hydrogens (tertiary/aromatic N) is 1. The minimum absolute atomic E-state index is 0.